The molecule has 102 valence electrons. The predicted molar refractivity (Wildman–Crippen MR) is 64.6 cm³/mol. The molecule has 0 saturated carbocycles. The maximum absolute atomic E-state index is 12.0. The zero-order chi connectivity index (χ0) is 13.6. The highest BCUT2D eigenvalue weighted by molar-refractivity contribution is 5.27. The zero-order valence-corrected chi connectivity index (χ0v) is 10.6. The van der Waals surface area contributed by atoms with E-state index in [4.69, 9.17) is 0 Å². The quantitative estimate of drug-likeness (QED) is 0.846. The number of nitrogens with one attached hydrogen (secondary N) is 1. The predicted octanol–water partition coefficient (Wildman–Crippen LogP) is 3.52. The summed E-state index contributed by atoms with van der Waals surface area (Å²) in [6.45, 7) is 2.10. The number of alkyl halides is 3. The Labute approximate surface area is 105 Å². The molecule has 1 unspecified atom stereocenters. The lowest BCUT2D eigenvalue weighted by molar-refractivity contribution is -0.274. The standard InChI is InChI=1S/C13H18F3NO/c1-3-11(17-2)7-4-10-5-8-12(9-6-10)18-13(14,15)16/h5-6,8-9,11,17H,3-4,7H2,1-2H3. The molecule has 0 spiro atoms. The summed E-state index contributed by atoms with van der Waals surface area (Å²) in [4.78, 5) is 0. The van der Waals surface area contributed by atoms with Crippen LogP contribution in [0.3, 0.4) is 0 Å². The molecule has 2 nitrogen and oxygen atoms in total. The van der Waals surface area contributed by atoms with Gasteiger partial charge >= 0.3 is 6.36 Å². The van der Waals surface area contributed by atoms with Crippen LogP contribution in [0.5, 0.6) is 5.75 Å². The lowest BCUT2D eigenvalue weighted by Crippen LogP contribution is -2.24. The summed E-state index contributed by atoms with van der Waals surface area (Å²) >= 11 is 0. The first-order valence-corrected chi connectivity index (χ1v) is 5.96. The number of benzene rings is 1. The van der Waals surface area contributed by atoms with Crippen molar-refractivity contribution in [2.75, 3.05) is 7.05 Å². The molecule has 0 aromatic heterocycles. The molecule has 0 heterocycles. The maximum atomic E-state index is 12.0. The molecule has 0 aliphatic rings. The Balaban J connectivity index is 2.50. The number of aryl methyl sites for hydroxylation is 1. The van der Waals surface area contributed by atoms with Crippen molar-refractivity contribution in [1.82, 2.24) is 5.32 Å². The highest BCUT2D eigenvalue weighted by Crippen LogP contribution is 2.23. The molecule has 1 aromatic rings. The largest absolute Gasteiger partial charge is 0.573 e. The highest BCUT2D eigenvalue weighted by Gasteiger charge is 2.30. The van der Waals surface area contributed by atoms with Crippen molar-refractivity contribution in [3.8, 4) is 5.75 Å². The molecule has 1 atom stereocenters. The van der Waals surface area contributed by atoms with E-state index in [-0.39, 0.29) is 5.75 Å². The first-order chi connectivity index (χ1) is 8.44. The van der Waals surface area contributed by atoms with Gasteiger partial charge in [0.15, 0.2) is 0 Å². The van der Waals surface area contributed by atoms with Gasteiger partial charge in [-0.1, -0.05) is 19.1 Å². The number of halogens is 3. The van der Waals surface area contributed by atoms with Crippen LogP contribution >= 0.6 is 0 Å². The summed E-state index contributed by atoms with van der Waals surface area (Å²) in [5, 5.41) is 3.19. The van der Waals surface area contributed by atoms with E-state index in [1.54, 1.807) is 12.1 Å². The first-order valence-electron chi connectivity index (χ1n) is 5.96. The van der Waals surface area contributed by atoms with Gasteiger partial charge in [-0.05, 0) is 44.0 Å². The minimum Gasteiger partial charge on any atom is -0.406 e. The van der Waals surface area contributed by atoms with Crippen molar-refractivity contribution in [3.05, 3.63) is 29.8 Å². The van der Waals surface area contributed by atoms with Gasteiger partial charge in [0.05, 0.1) is 0 Å². The van der Waals surface area contributed by atoms with E-state index >= 15 is 0 Å². The van der Waals surface area contributed by atoms with Crippen molar-refractivity contribution in [1.29, 1.82) is 0 Å². The SMILES string of the molecule is CCC(CCc1ccc(OC(F)(F)F)cc1)NC. The molecule has 1 N–H and O–H groups in total. The maximum Gasteiger partial charge on any atom is 0.573 e. The van der Waals surface area contributed by atoms with Crippen LogP contribution in [0.15, 0.2) is 24.3 Å². The van der Waals surface area contributed by atoms with E-state index in [1.165, 1.54) is 12.1 Å². The molecule has 1 aromatic carbocycles. The first kappa shape index (κ1) is 14.8. The lowest BCUT2D eigenvalue weighted by atomic mass is 10.0. The van der Waals surface area contributed by atoms with Crippen LogP contribution < -0.4 is 10.1 Å². The topological polar surface area (TPSA) is 21.3 Å². The molecular weight excluding hydrogens is 243 g/mol. The Morgan fingerprint density at radius 3 is 2.28 bits per heavy atom. The second-order valence-electron chi connectivity index (χ2n) is 4.12. The van der Waals surface area contributed by atoms with Crippen LogP contribution in [-0.2, 0) is 6.42 Å². The van der Waals surface area contributed by atoms with Gasteiger partial charge in [-0.25, -0.2) is 0 Å². The van der Waals surface area contributed by atoms with Crippen LogP contribution in [0.2, 0.25) is 0 Å². The van der Waals surface area contributed by atoms with Crippen molar-refractivity contribution < 1.29 is 17.9 Å². The molecule has 18 heavy (non-hydrogen) atoms. The van der Waals surface area contributed by atoms with Gasteiger partial charge in [0.2, 0.25) is 0 Å². The Kier molecular flexibility index (Phi) is 5.47. The fraction of sp³-hybridized carbons (Fsp3) is 0.538. The minimum atomic E-state index is -4.62. The molecule has 0 aliphatic heterocycles. The van der Waals surface area contributed by atoms with Crippen molar-refractivity contribution in [2.45, 2.75) is 38.6 Å². The normalized spacial score (nSPS) is 13.4. The van der Waals surface area contributed by atoms with Crippen LogP contribution in [0.25, 0.3) is 0 Å². The smallest absolute Gasteiger partial charge is 0.406 e. The summed E-state index contributed by atoms with van der Waals surface area (Å²) in [6.07, 6.45) is -1.79. The van der Waals surface area contributed by atoms with Crippen LogP contribution in [0, 0.1) is 0 Å². The van der Waals surface area contributed by atoms with E-state index in [0.717, 1.165) is 24.8 Å². The van der Waals surface area contributed by atoms with Gasteiger partial charge in [0, 0.05) is 6.04 Å². The average molecular weight is 261 g/mol. The van der Waals surface area contributed by atoms with E-state index in [2.05, 4.69) is 17.0 Å². The Hall–Kier alpha value is -1.23. The van der Waals surface area contributed by atoms with Crippen LogP contribution in [0.1, 0.15) is 25.3 Å². The Morgan fingerprint density at radius 2 is 1.83 bits per heavy atom. The molecule has 0 saturated heterocycles. The summed E-state index contributed by atoms with van der Waals surface area (Å²) in [5.74, 6) is -0.174. The molecule has 0 aliphatic carbocycles. The van der Waals surface area contributed by atoms with Gasteiger partial charge < -0.3 is 10.1 Å². The average Bonchev–Trinajstić information content (AvgIpc) is 2.30. The monoisotopic (exact) mass is 261 g/mol. The Bertz CT molecular complexity index is 344. The number of rotatable bonds is 6. The zero-order valence-electron chi connectivity index (χ0n) is 10.6. The van der Waals surface area contributed by atoms with Gasteiger partial charge in [-0.15, -0.1) is 13.2 Å². The number of hydrogen-bond donors (Lipinski definition) is 1. The summed E-state index contributed by atoms with van der Waals surface area (Å²) in [6, 6.07) is 6.48. The third kappa shape index (κ3) is 5.40. The number of hydrogen-bond acceptors (Lipinski definition) is 2. The van der Waals surface area contributed by atoms with E-state index < -0.39 is 6.36 Å². The molecular formula is C13H18F3NO. The summed E-state index contributed by atoms with van der Waals surface area (Å²) in [5.41, 5.74) is 1.01. The van der Waals surface area contributed by atoms with Gasteiger partial charge in [-0.2, -0.15) is 0 Å². The van der Waals surface area contributed by atoms with E-state index in [9.17, 15) is 13.2 Å². The fourth-order valence-electron chi connectivity index (χ4n) is 1.75. The number of ether oxygens (including phenoxy) is 1. The summed E-state index contributed by atoms with van der Waals surface area (Å²) in [7, 11) is 1.91. The third-order valence-corrected chi connectivity index (χ3v) is 2.84. The summed E-state index contributed by atoms with van der Waals surface area (Å²) < 4.78 is 39.7. The van der Waals surface area contributed by atoms with E-state index in [0.29, 0.717) is 6.04 Å². The third-order valence-electron chi connectivity index (χ3n) is 2.84. The second-order valence-corrected chi connectivity index (χ2v) is 4.12. The fourth-order valence-corrected chi connectivity index (χ4v) is 1.75. The molecule has 0 fully saturated rings. The minimum absolute atomic E-state index is 0.174. The lowest BCUT2D eigenvalue weighted by Gasteiger charge is -2.13. The molecule has 1 rings (SSSR count). The molecule has 0 bridgehead atoms. The van der Waals surface area contributed by atoms with Crippen LogP contribution in [0.4, 0.5) is 13.2 Å². The van der Waals surface area contributed by atoms with E-state index in [1.807, 2.05) is 7.05 Å². The van der Waals surface area contributed by atoms with Gasteiger partial charge in [0.25, 0.3) is 0 Å². The van der Waals surface area contributed by atoms with Crippen LogP contribution in [-0.4, -0.2) is 19.5 Å². The Morgan fingerprint density at radius 1 is 1.22 bits per heavy atom. The van der Waals surface area contributed by atoms with Gasteiger partial charge in [-0.3, -0.25) is 0 Å². The van der Waals surface area contributed by atoms with Crippen molar-refractivity contribution in [3.63, 3.8) is 0 Å². The van der Waals surface area contributed by atoms with Crippen molar-refractivity contribution >= 4 is 0 Å². The second kappa shape index (κ2) is 6.64. The van der Waals surface area contributed by atoms with Crippen molar-refractivity contribution in [2.24, 2.45) is 0 Å². The highest BCUT2D eigenvalue weighted by atomic mass is 19.4. The molecule has 0 radical (unpaired) electrons. The van der Waals surface area contributed by atoms with Gasteiger partial charge in [0.1, 0.15) is 5.75 Å². The molecule has 5 heteroatoms. The molecule has 0 amide bonds.